The quantitative estimate of drug-likeness (QED) is 0.622. The van der Waals surface area contributed by atoms with Crippen LogP contribution in [0, 0.1) is 11.8 Å². The van der Waals surface area contributed by atoms with E-state index in [1.165, 1.54) is 4.90 Å². The highest BCUT2D eigenvalue weighted by Gasteiger charge is 2.39. The SMILES string of the molecule is NC[C@@H]1CCC[C@H](CNC(=O)c2ccc3c(c2)C(=O)N(C2CCC(=O)NC2=O)C3)C1. The van der Waals surface area contributed by atoms with Gasteiger partial charge >= 0.3 is 0 Å². The molecule has 1 aromatic rings. The number of nitrogens with one attached hydrogen (secondary N) is 2. The summed E-state index contributed by atoms with van der Waals surface area (Å²) in [4.78, 5) is 50.6. The van der Waals surface area contributed by atoms with Gasteiger partial charge in [0.05, 0.1) is 0 Å². The summed E-state index contributed by atoms with van der Waals surface area (Å²) < 4.78 is 0. The second kappa shape index (κ2) is 8.55. The number of carbonyl (C=O) groups excluding carboxylic acids is 4. The summed E-state index contributed by atoms with van der Waals surface area (Å²) in [5.41, 5.74) is 7.48. The lowest BCUT2D eigenvalue weighted by Crippen LogP contribution is -2.52. The fourth-order valence-electron chi connectivity index (χ4n) is 4.84. The molecule has 1 saturated heterocycles. The van der Waals surface area contributed by atoms with Crippen molar-refractivity contribution in [1.29, 1.82) is 0 Å². The summed E-state index contributed by atoms with van der Waals surface area (Å²) in [6.45, 7) is 1.62. The van der Waals surface area contributed by atoms with Crippen LogP contribution in [-0.2, 0) is 16.1 Å². The minimum atomic E-state index is -0.651. The molecular weight excluding hydrogens is 384 g/mol. The number of imide groups is 1. The van der Waals surface area contributed by atoms with Gasteiger partial charge in [0.1, 0.15) is 6.04 Å². The van der Waals surface area contributed by atoms with Crippen LogP contribution in [0.4, 0.5) is 0 Å². The summed E-state index contributed by atoms with van der Waals surface area (Å²) in [6, 6.07) is 4.46. The molecule has 0 aromatic heterocycles. The van der Waals surface area contributed by atoms with Crippen molar-refractivity contribution in [2.45, 2.75) is 51.1 Å². The molecule has 1 aromatic carbocycles. The largest absolute Gasteiger partial charge is 0.352 e. The molecule has 4 rings (SSSR count). The maximum atomic E-state index is 12.9. The van der Waals surface area contributed by atoms with E-state index in [9.17, 15) is 19.2 Å². The Morgan fingerprint density at radius 1 is 1.17 bits per heavy atom. The van der Waals surface area contributed by atoms with E-state index in [0.717, 1.165) is 31.2 Å². The Labute approximate surface area is 175 Å². The van der Waals surface area contributed by atoms with Crippen LogP contribution in [0.3, 0.4) is 0 Å². The Morgan fingerprint density at radius 3 is 2.73 bits per heavy atom. The van der Waals surface area contributed by atoms with E-state index in [1.54, 1.807) is 18.2 Å². The minimum absolute atomic E-state index is 0.195. The molecule has 4 N–H and O–H groups in total. The summed E-state index contributed by atoms with van der Waals surface area (Å²) >= 11 is 0. The molecule has 0 bridgehead atoms. The first kappa shape index (κ1) is 20.5. The second-order valence-corrected chi connectivity index (χ2v) is 8.62. The first-order valence-corrected chi connectivity index (χ1v) is 10.7. The number of fused-ring (bicyclic) bond motifs is 1. The third kappa shape index (κ3) is 4.09. The Morgan fingerprint density at radius 2 is 1.97 bits per heavy atom. The Hall–Kier alpha value is -2.74. The molecule has 3 aliphatic rings. The van der Waals surface area contributed by atoms with E-state index in [0.29, 0.717) is 49.0 Å². The molecule has 0 spiro atoms. The number of rotatable bonds is 5. The molecule has 1 unspecified atom stereocenters. The fourth-order valence-corrected chi connectivity index (χ4v) is 4.84. The van der Waals surface area contributed by atoms with Gasteiger partial charge in [-0.3, -0.25) is 24.5 Å². The highest BCUT2D eigenvalue weighted by molar-refractivity contribution is 6.06. The zero-order valence-corrected chi connectivity index (χ0v) is 17.0. The van der Waals surface area contributed by atoms with Gasteiger partial charge in [-0.25, -0.2) is 0 Å². The molecule has 3 atom stereocenters. The molecule has 0 radical (unpaired) electrons. The Kier molecular flexibility index (Phi) is 5.85. The average molecular weight is 412 g/mol. The summed E-state index contributed by atoms with van der Waals surface area (Å²) in [5, 5.41) is 5.29. The van der Waals surface area contributed by atoms with Gasteiger partial charge in [0.15, 0.2) is 0 Å². The molecule has 4 amide bonds. The number of carbonyl (C=O) groups is 4. The summed E-state index contributed by atoms with van der Waals surface area (Å²) in [7, 11) is 0. The van der Waals surface area contributed by atoms with Gasteiger partial charge in [-0.15, -0.1) is 0 Å². The van der Waals surface area contributed by atoms with Crippen molar-refractivity contribution in [2.75, 3.05) is 13.1 Å². The predicted octanol–water partition coefficient (Wildman–Crippen LogP) is 0.943. The van der Waals surface area contributed by atoms with Crippen molar-refractivity contribution in [1.82, 2.24) is 15.5 Å². The minimum Gasteiger partial charge on any atom is -0.352 e. The van der Waals surface area contributed by atoms with Gasteiger partial charge in [-0.05, 0) is 61.8 Å². The maximum absolute atomic E-state index is 12.9. The van der Waals surface area contributed by atoms with Crippen molar-refractivity contribution < 1.29 is 19.2 Å². The molecular formula is C22H28N4O4. The normalized spacial score (nSPS) is 26.4. The molecule has 2 fully saturated rings. The molecule has 8 nitrogen and oxygen atoms in total. The number of hydrogen-bond acceptors (Lipinski definition) is 5. The van der Waals surface area contributed by atoms with Gasteiger partial charge in [-0.1, -0.05) is 12.5 Å². The van der Waals surface area contributed by atoms with Gasteiger partial charge < -0.3 is 16.0 Å². The lowest BCUT2D eigenvalue weighted by Gasteiger charge is -2.29. The number of nitrogens with zero attached hydrogens (tertiary/aromatic N) is 1. The van der Waals surface area contributed by atoms with E-state index in [-0.39, 0.29) is 24.1 Å². The van der Waals surface area contributed by atoms with Gasteiger partial charge in [0.2, 0.25) is 11.8 Å². The smallest absolute Gasteiger partial charge is 0.255 e. The molecule has 160 valence electrons. The Balaban J connectivity index is 1.40. The number of piperidine rings is 1. The van der Waals surface area contributed by atoms with Crippen LogP contribution >= 0.6 is 0 Å². The number of nitrogens with two attached hydrogens (primary N) is 1. The van der Waals surface area contributed by atoms with Crippen LogP contribution in [0.15, 0.2) is 18.2 Å². The summed E-state index contributed by atoms with van der Waals surface area (Å²) in [6.07, 6.45) is 4.99. The lowest BCUT2D eigenvalue weighted by atomic mass is 9.81. The van der Waals surface area contributed by atoms with Gasteiger partial charge in [0, 0.05) is 30.6 Å². The van der Waals surface area contributed by atoms with Crippen LogP contribution < -0.4 is 16.4 Å². The van der Waals surface area contributed by atoms with Crippen molar-refractivity contribution >= 4 is 23.6 Å². The molecule has 1 aliphatic carbocycles. The van der Waals surface area contributed by atoms with E-state index >= 15 is 0 Å². The van der Waals surface area contributed by atoms with Gasteiger partial charge in [-0.2, -0.15) is 0 Å². The number of hydrogen-bond donors (Lipinski definition) is 3. The first-order valence-electron chi connectivity index (χ1n) is 10.7. The van der Waals surface area contributed by atoms with Gasteiger partial charge in [0.25, 0.3) is 11.8 Å². The van der Waals surface area contributed by atoms with Crippen LogP contribution in [0.5, 0.6) is 0 Å². The van der Waals surface area contributed by atoms with E-state index < -0.39 is 11.9 Å². The van der Waals surface area contributed by atoms with Crippen LogP contribution in [-0.4, -0.2) is 47.7 Å². The fraction of sp³-hybridized carbons (Fsp3) is 0.545. The molecule has 1 saturated carbocycles. The topological polar surface area (TPSA) is 122 Å². The summed E-state index contributed by atoms with van der Waals surface area (Å²) in [5.74, 6) is -0.234. The van der Waals surface area contributed by atoms with Crippen molar-refractivity contribution in [2.24, 2.45) is 17.6 Å². The molecule has 2 aliphatic heterocycles. The molecule has 2 heterocycles. The van der Waals surface area contributed by atoms with Crippen LogP contribution in [0.1, 0.15) is 64.8 Å². The molecule has 30 heavy (non-hydrogen) atoms. The molecule has 8 heteroatoms. The maximum Gasteiger partial charge on any atom is 0.255 e. The van der Waals surface area contributed by atoms with Crippen molar-refractivity contribution in [3.8, 4) is 0 Å². The predicted molar refractivity (Wildman–Crippen MR) is 109 cm³/mol. The standard InChI is InChI=1S/C22H28N4O4/c23-10-13-2-1-3-14(8-13)11-24-20(28)15-4-5-16-12-26(22(30)17(16)9-15)18-6-7-19(27)25-21(18)29/h4-5,9,13-14,18H,1-3,6-8,10-12,23H2,(H,24,28)(H,25,27,29)/t13-,14+,18?/m1/s1. The Bertz CT molecular complexity index is 884. The average Bonchev–Trinajstić information content (AvgIpc) is 3.08. The number of amides is 4. The third-order valence-electron chi connectivity index (χ3n) is 6.57. The van der Waals surface area contributed by atoms with E-state index in [1.807, 2.05) is 0 Å². The third-order valence-corrected chi connectivity index (χ3v) is 6.57. The van der Waals surface area contributed by atoms with Crippen molar-refractivity contribution in [3.63, 3.8) is 0 Å². The van der Waals surface area contributed by atoms with Crippen molar-refractivity contribution in [3.05, 3.63) is 34.9 Å². The monoisotopic (exact) mass is 412 g/mol. The van der Waals surface area contributed by atoms with Crippen LogP contribution in [0.25, 0.3) is 0 Å². The zero-order chi connectivity index (χ0) is 21.3. The first-order chi connectivity index (χ1) is 14.5. The van der Waals surface area contributed by atoms with E-state index in [2.05, 4.69) is 10.6 Å². The second-order valence-electron chi connectivity index (χ2n) is 8.62. The van der Waals surface area contributed by atoms with E-state index in [4.69, 9.17) is 5.73 Å². The van der Waals surface area contributed by atoms with Crippen LogP contribution in [0.2, 0.25) is 0 Å². The number of benzene rings is 1. The highest BCUT2D eigenvalue weighted by Crippen LogP contribution is 2.29. The lowest BCUT2D eigenvalue weighted by molar-refractivity contribution is -0.136. The zero-order valence-electron chi connectivity index (χ0n) is 17.0. The highest BCUT2D eigenvalue weighted by atomic mass is 16.2.